The van der Waals surface area contributed by atoms with E-state index in [0.717, 1.165) is 18.5 Å². The van der Waals surface area contributed by atoms with Gasteiger partial charge in [0, 0.05) is 12.1 Å². The van der Waals surface area contributed by atoms with Crippen LogP contribution in [0.2, 0.25) is 0 Å². The van der Waals surface area contributed by atoms with Crippen molar-refractivity contribution in [1.29, 1.82) is 0 Å². The fraction of sp³-hybridized carbons (Fsp3) is 0.375. The van der Waals surface area contributed by atoms with E-state index in [1.54, 1.807) is 6.20 Å². The molecule has 0 aliphatic heterocycles. The van der Waals surface area contributed by atoms with Crippen LogP contribution in [0.3, 0.4) is 0 Å². The number of hydrogen-bond acceptors (Lipinski definition) is 3. The molecule has 1 aliphatic carbocycles. The molecule has 0 aromatic carbocycles. The number of aromatic carboxylic acids is 1. The fourth-order valence-corrected chi connectivity index (χ4v) is 1.04. The number of carbonyl (C=O) groups is 1. The molecule has 1 aromatic rings. The molecule has 0 unspecified atom stereocenters. The lowest BCUT2D eigenvalue weighted by atomic mass is 10.3. The molecular formula is C8H8N2O2. The summed E-state index contributed by atoms with van der Waals surface area (Å²) in [5.41, 5.74) is 0.930. The van der Waals surface area contributed by atoms with Gasteiger partial charge in [-0.2, -0.15) is 0 Å². The number of rotatable bonds is 2. The predicted molar refractivity (Wildman–Crippen MR) is 41.0 cm³/mol. The van der Waals surface area contributed by atoms with Gasteiger partial charge in [-0.25, -0.2) is 9.78 Å². The summed E-state index contributed by atoms with van der Waals surface area (Å²) in [6.45, 7) is 0. The van der Waals surface area contributed by atoms with Crippen LogP contribution in [0.4, 0.5) is 0 Å². The zero-order valence-corrected chi connectivity index (χ0v) is 6.40. The SMILES string of the molecule is O=C(O)c1cnc(C2CC2)cn1. The van der Waals surface area contributed by atoms with Crippen molar-refractivity contribution in [3.05, 3.63) is 23.8 Å². The van der Waals surface area contributed by atoms with Gasteiger partial charge in [0.15, 0.2) is 5.69 Å². The Morgan fingerprint density at radius 2 is 2.17 bits per heavy atom. The van der Waals surface area contributed by atoms with Gasteiger partial charge in [-0.15, -0.1) is 0 Å². The van der Waals surface area contributed by atoms with E-state index in [0.29, 0.717) is 5.92 Å². The van der Waals surface area contributed by atoms with Crippen LogP contribution in [-0.2, 0) is 0 Å². The normalized spacial score (nSPS) is 16.0. The monoisotopic (exact) mass is 164 g/mol. The smallest absolute Gasteiger partial charge is 0.356 e. The Morgan fingerprint density at radius 3 is 2.58 bits per heavy atom. The van der Waals surface area contributed by atoms with Gasteiger partial charge < -0.3 is 5.11 Å². The Morgan fingerprint density at radius 1 is 1.42 bits per heavy atom. The molecule has 1 aromatic heterocycles. The largest absolute Gasteiger partial charge is 0.476 e. The second-order valence-corrected chi connectivity index (χ2v) is 2.91. The lowest BCUT2D eigenvalue weighted by Gasteiger charge is -1.95. The molecule has 1 fully saturated rings. The van der Waals surface area contributed by atoms with Crippen molar-refractivity contribution in [2.24, 2.45) is 0 Å². The second kappa shape index (κ2) is 2.55. The van der Waals surface area contributed by atoms with Gasteiger partial charge in [0.1, 0.15) is 0 Å². The van der Waals surface area contributed by atoms with Gasteiger partial charge in [-0.1, -0.05) is 0 Å². The standard InChI is InChI=1S/C8H8N2O2/c11-8(12)7-4-9-6(3-10-7)5-1-2-5/h3-5H,1-2H2,(H,11,12). The van der Waals surface area contributed by atoms with Crippen LogP contribution < -0.4 is 0 Å². The summed E-state index contributed by atoms with van der Waals surface area (Å²) in [7, 11) is 0. The number of nitrogens with zero attached hydrogens (tertiary/aromatic N) is 2. The van der Waals surface area contributed by atoms with Gasteiger partial charge in [0.05, 0.1) is 11.9 Å². The molecule has 0 amide bonds. The van der Waals surface area contributed by atoms with E-state index in [2.05, 4.69) is 9.97 Å². The topological polar surface area (TPSA) is 63.1 Å². The van der Waals surface area contributed by atoms with Crippen LogP contribution in [0.15, 0.2) is 12.4 Å². The van der Waals surface area contributed by atoms with Crippen molar-refractivity contribution >= 4 is 5.97 Å². The zero-order valence-electron chi connectivity index (χ0n) is 6.40. The molecule has 4 nitrogen and oxygen atoms in total. The number of hydrogen-bond donors (Lipinski definition) is 1. The van der Waals surface area contributed by atoms with Crippen molar-refractivity contribution < 1.29 is 9.90 Å². The first-order valence-electron chi connectivity index (χ1n) is 3.82. The Hall–Kier alpha value is -1.45. The third-order valence-electron chi connectivity index (χ3n) is 1.89. The maximum absolute atomic E-state index is 10.4. The summed E-state index contributed by atoms with van der Waals surface area (Å²) >= 11 is 0. The third-order valence-corrected chi connectivity index (χ3v) is 1.89. The molecule has 0 radical (unpaired) electrons. The van der Waals surface area contributed by atoms with E-state index >= 15 is 0 Å². The second-order valence-electron chi connectivity index (χ2n) is 2.91. The molecule has 0 saturated heterocycles. The summed E-state index contributed by atoms with van der Waals surface area (Å²) in [4.78, 5) is 18.2. The number of aromatic nitrogens is 2. The first-order valence-corrected chi connectivity index (χ1v) is 3.82. The van der Waals surface area contributed by atoms with E-state index in [9.17, 15) is 4.79 Å². The van der Waals surface area contributed by atoms with Crippen LogP contribution in [-0.4, -0.2) is 21.0 Å². The zero-order chi connectivity index (χ0) is 8.55. The van der Waals surface area contributed by atoms with E-state index in [4.69, 9.17) is 5.11 Å². The van der Waals surface area contributed by atoms with Crippen LogP contribution in [0.25, 0.3) is 0 Å². The van der Waals surface area contributed by atoms with E-state index in [1.165, 1.54) is 6.20 Å². The number of carboxylic acid groups (broad SMARTS) is 1. The van der Waals surface area contributed by atoms with E-state index in [1.807, 2.05) is 0 Å². The molecule has 1 heterocycles. The molecule has 1 N–H and O–H groups in total. The van der Waals surface area contributed by atoms with Crippen LogP contribution in [0, 0.1) is 0 Å². The summed E-state index contributed by atoms with van der Waals surface area (Å²) < 4.78 is 0. The van der Waals surface area contributed by atoms with Crippen molar-refractivity contribution in [1.82, 2.24) is 9.97 Å². The van der Waals surface area contributed by atoms with Gasteiger partial charge in [0.25, 0.3) is 0 Å². The molecule has 1 aliphatic rings. The predicted octanol–water partition coefficient (Wildman–Crippen LogP) is 1.05. The first-order chi connectivity index (χ1) is 5.77. The summed E-state index contributed by atoms with van der Waals surface area (Å²) in [6.07, 6.45) is 5.18. The lowest BCUT2D eigenvalue weighted by Crippen LogP contribution is -2.01. The molecule has 0 bridgehead atoms. The average molecular weight is 164 g/mol. The molecule has 0 atom stereocenters. The van der Waals surface area contributed by atoms with Gasteiger partial charge >= 0.3 is 5.97 Å². The van der Waals surface area contributed by atoms with Crippen LogP contribution in [0.5, 0.6) is 0 Å². The third kappa shape index (κ3) is 1.28. The highest BCUT2D eigenvalue weighted by atomic mass is 16.4. The Balaban J connectivity index is 2.24. The molecule has 12 heavy (non-hydrogen) atoms. The highest BCUT2D eigenvalue weighted by molar-refractivity contribution is 5.84. The molecule has 0 spiro atoms. The quantitative estimate of drug-likeness (QED) is 0.709. The number of carboxylic acids is 1. The maximum atomic E-state index is 10.4. The Labute approximate surface area is 69.3 Å². The maximum Gasteiger partial charge on any atom is 0.356 e. The molecule has 62 valence electrons. The molecule has 2 rings (SSSR count). The van der Waals surface area contributed by atoms with Crippen molar-refractivity contribution in [3.8, 4) is 0 Å². The molecular weight excluding hydrogens is 156 g/mol. The minimum atomic E-state index is -1.02. The van der Waals surface area contributed by atoms with Crippen LogP contribution >= 0.6 is 0 Å². The van der Waals surface area contributed by atoms with E-state index < -0.39 is 5.97 Å². The highest BCUT2D eigenvalue weighted by Crippen LogP contribution is 2.38. The summed E-state index contributed by atoms with van der Waals surface area (Å²) in [5, 5.41) is 8.53. The first kappa shape index (κ1) is 7.21. The average Bonchev–Trinajstić information content (AvgIpc) is 2.87. The fourth-order valence-electron chi connectivity index (χ4n) is 1.04. The summed E-state index contributed by atoms with van der Waals surface area (Å²) in [6, 6.07) is 0. The van der Waals surface area contributed by atoms with Gasteiger partial charge in [-0.3, -0.25) is 4.98 Å². The molecule has 4 heteroatoms. The Kier molecular flexibility index (Phi) is 1.53. The molecule has 1 saturated carbocycles. The summed E-state index contributed by atoms with van der Waals surface area (Å²) in [5.74, 6) is -0.495. The lowest BCUT2D eigenvalue weighted by molar-refractivity contribution is 0.0690. The van der Waals surface area contributed by atoms with Crippen molar-refractivity contribution in [2.75, 3.05) is 0 Å². The van der Waals surface area contributed by atoms with Crippen molar-refractivity contribution in [3.63, 3.8) is 0 Å². The van der Waals surface area contributed by atoms with Crippen LogP contribution in [0.1, 0.15) is 34.9 Å². The highest BCUT2D eigenvalue weighted by Gasteiger charge is 2.25. The van der Waals surface area contributed by atoms with Crippen molar-refractivity contribution in [2.45, 2.75) is 18.8 Å². The van der Waals surface area contributed by atoms with Gasteiger partial charge in [-0.05, 0) is 12.8 Å². The van der Waals surface area contributed by atoms with Gasteiger partial charge in [0.2, 0.25) is 0 Å². The van der Waals surface area contributed by atoms with E-state index in [-0.39, 0.29) is 5.69 Å². The minimum absolute atomic E-state index is 0.0133. The Bertz CT molecular complexity index is 303. The minimum Gasteiger partial charge on any atom is -0.476 e.